The predicted octanol–water partition coefficient (Wildman–Crippen LogP) is 3.99. The van der Waals surface area contributed by atoms with E-state index in [1.807, 2.05) is 11.0 Å². The van der Waals surface area contributed by atoms with Crippen molar-refractivity contribution in [3.8, 4) is 0 Å². The first kappa shape index (κ1) is 14.2. The van der Waals surface area contributed by atoms with Crippen LogP contribution < -0.4 is 0 Å². The van der Waals surface area contributed by atoms with E-state index in [9.17, 15) is 4.79 Å². The Kier molecular flexibility index (Phi) is 3.75. The fourth-order valence-electron chi connectivity index (χ4n) is 3.49. The number of nitrogens with zero attached hydrogens (tertiary/aromatic N) is 1. The summed E-state index contributed by atoms with van der Waals surface area (Å²) in [5, 5.41) is 1.11. The van der Waals surface area contributed by atoms with Crippen LogP contribution in [0.5, 0.6) is 0 Å². The normalized spacial score (nSPS) is 19.2. The predicted molar refractivity (Wildman–Crippen MR) is 84.4 cm³/mol. The highest BCUT2D eigenvalue weighted by Crippen LogP contribution is 2.27. The van der Waals surface area contributed by atoms with Crippen LogP contribution in [0.4, 0.5) is 0 Å². The molecule has 1 fully saturated rings. The topological polar surface area (TPSA) is 33.5 Å². The maximum absolute atomic E-state index is 12.6. The number of carbonyl (C=O) groups is 1. The van der Waals surface area contributed by atoms with Crippen molar-refractivity contribution in [3.05, 3.63) is 35.1 Å². The van der Waals surface area contributed by atoms with Crippen molar-refractivity contribution >= 4 is 16.9 Å². The molecule has 0 saturated carbocycles. The summed E-state index contributed by atoms with van der Waals surface area (Å²) < 4.78 is 5.66. The zero-order valence-corrected chi connectivity index (χ0v) is 13.1. The molecule has 0 bridgehead atoms. The summed E-state index contributed by atoms with van der Waals surface area (Å²) in [7, 11) is 0. The fourth-order valence-corrected chi connectivity index (χ4v) is 3.49. The van der Waals surface area contributed by atoms with E-state index >= 15 is 0 Å². The molecule has 0 radical (unpaired) electrons. The van der Waals surface area contributed by atoms with Crippen molar-refractivity contribution in [2.24, 2.45) is 0 Å². The lowest BCUT2D eigenvalue weighted by molar-refractivity contribution is -0.133. The summed E-state index contributed by atoms with van der Waals surface area (Å²) in [6.45, 7) is 7.20. The van der Waals surface area contributed by atoms with Gasteiger partial charge in [-0.25, -0.2) is 0 Å². The molecule has 1 aliphatic rings. The van der Waals surface area contributed by atoms with E-state index in [0.717, 1.165) is 35.9 Å². The highest BCUT2D eigenvalue weighted by molar-refractivity contribution is 5.90. The van der Waals surface area contributed by atoms with E-state index in [4.69, 9.17) is 4.42 Å². The average Bonchev–Trinajstić information content (AvgIpc) is 2.82. The maximum Gasteiger partial charge on any atom is 0.227 e. The molecule has 1 aliphatic heterocycles. The van der Waals surface area contributed by atoms with Crippen LogP contribution in [0.15, 0.2) is 22.8 Å². The smallest absolute Gasteiger partial charge is 0.227 e. The second kappa shape index (κ2) is 5.55. The fraction of sp³-hybridized carbons (Fsp3) is 0.500. The van der Waals surface area contributed by atoms with Crippen LogP contribution in [0, 0.1) is 13.8 Å². The van der Waals surface area contributed by atoms with Gasteiger partial charge in [-0.15, -0.1) is 0 Å². The molecular weight excluding hydrogens is 262 g/mol. The third-order valence-corrected chi connectivity index (χ3v) is 4.56. The monoisotopic (exact) mass is 285 g/mol. The second-order valence-corrected chi connectivity index (χ2v) is 6.32. The summed E-state index contributed by atoms with van der Waals surface area (Å²) >= 11 is 0. The lowest BCUT2D eigenvalue weighted by Gasteiger charge is -2.33. The van der Waals surface area contributed by atoms with E-state index < -0.39 is 0 Å². The molecular formula is C18H23NO2. The number of likely N-dealkylation sites (tertiary alicyclic amines) is 1. The average molecular weight is 285 g/mol. The minimum Gasteiger partial charge on any atom is -0.464 e. The Morgan fingerprint density at radius 3 is 2.90 bits per heavy atom. The Hall–Kier alpha value is -1.77. The van der Waals surface area contributed by atoms with Crippen LogP contribution >= 0.6 is 0 Å². The highest BCUT2D eigenvalue weighted by atomic mass is 16.3. The minimum atomic E-state index is 0.227. The zero-order chi connectivity index (χ0) is 15.0. The molecule has 3 heteroatoms. The summed E-state index contributed by atoms with van der Waals surface area (Å²) in [6, 6.07) is 4.56. The van der Waals surface area contributed by atoms with E-state index in [1.165, 1.54) is 17.5 Å². The van der Waals surface area contributed by atoms with Gasteiger partial charge in [-0.3, -0.25) is 4.79 Å². The first-order valence-electron chi connectivity index (χ1n) is 7.83. The van der Waals surface area contributed by atoms with E-state index in [0.29, 0.717) is 12.5 Å². The molecule has 1 unspecified atom stereocenters. The van der Waals surface area contributed by atoms with Gasteiger partial charge in [0.25, 0.3) is 0 Å². The Labute approximate surface area is 125 Å². The van der Waals surface area contributed by atoms with Crippen molar-refractivity contribution in [2.75, 3.05) is 6.54 Å². The lowest BCUT2D eigenvalue weighted by Crippen LogP contribution is -2.42. The quantitative estimate of drug-likeness (QED) is 0.836. The van der Waals surface area contributed by atoms with Crippen molar-refractivity contribution in [1.82, 2.24) is 4.90 Å². The molecule has 1 atom stereocenters. The molecule has 1 saturated heterocycles. The maximum atomic E-state index is 12.6. The Morgan fingerprint density at radius 1 is 1.33 bits per heavy atom. The molecule has 0 aliphatic carbocycles. The van der Waals surface area contributed by atoms with Gasteiger partial charge in [-0.05, 0) is 57.2 Å². The summed E-state index contributed by atoms with van der Waals surface area (Å²) in [5.41, 5.74) is 4.29. The van der Waals surface area contributed by atoms with E-state index in [1.54, 1.807) is 6.26 Å². The van der Waals surface area contributed by atoms with Crippen molar-refractivity contribution in [1.29, 1.82) is 0 Å². The minimum absolute atomic E-state index is 0.227. The summed E-state index contributed by atoms with van der Waals surface area (Å²) in [6.07, 6.45) is 5.68. The number of hydrogen-bond donors (Lipinski definition) is 0. The number of piperidine rings is 1. The Balaban J connectivity index is 1.86. The first-order chi connectivity index (χ1) is 10.1. The number of rotatable bonds is 2. The van der Waals surface area contributed by atoms with E-state index in [2.05, 4.69) is 26.8 Å². The molecule has 1 aromatic carbocycles. The van der Waals surface area contributed by atoms with E-state index in [-0.39, 0.29) is 5.91 Å². The zero-order valence-electron chi connectivity index (χ0n) is 13.1. The van der Waals surface area contributed by atoms with Gasteiger partial charge in [0.05, 0.1) is 12.7 Å². The molecule has 112 valence electrons. The van der Waals surface area contributed by atoms with Crippen molar-refractivity contribution in [2.45, 2.75) is 52.5 Å². The van der Waals surface area contributed by atoms with Gasteiger partial charge in [0.1, 0.15) is 5.58 Å². The lowest BCUT2D eigenvalue weighted by atomic mass is 10.0. The van der Waals surface area contributed by atoms with Gasteiger partial charge in [0.15, 0.2) is 0 Å². The number of aryl methyl sites for hydroxylation is 2. The van der Waals surface area contributed by atoms with Crippen LogP contribution in [0.1, 0.15) is 42.9 Å². The third kappa shape index (κ3) is 2.69. The highest BCUT2D eigenvalue weighted by Gasteiger charge is 2.24. The van der Waals surface area contributed by atoms with Gasteiger partial charge >= 0.3 is 0 Å². The summed E-state index contributed by atoms with van der Waals surface area (Å²) in [5.74, 6) is 0.227. The molecule has 0 N–H and O–H groups in total. The van der Waals surface area contributed by atoms with Gasteiger partial charge in [0, 0.05) is 23.5 Å². The SMILES string of the molecule is Cc1cc(C)c2c(CC(=O)N3CCCCC3C)coc2c1. The van der Waals surface area contributed by atoms with Gasteiger partial charge in [0.2, 0.25) is 5.91 Å². The summed E-state index contributed by atoms with van der Waals surface area (Å²) in [4.78, 5) is 14.6. The molecule has 3 rings (SSSR count). The number of carbonyl (C=O) groups excluding carboxylic acids is 1. The molecule has 1 amide bonds. The standard InChI is InChI=1S/C18H23NO2/c1-12-8-13(2)18-15(11-21-16(18)9-12)10-17(20)19-7-5-4-6-14(19)3/h8-9,11,14H,4-7,10H2,1-3H3. The molecule has 2 aromatic rings. The van der Waals surface area contributed by atoms with Gasteiger partial charge in [-0.1, -0.05) is 6.07 Å². The molecule has 3 nitrogen and oxygen atoms in total. The number of hydrogen-bond acceptors (Lipinski definition) is 2. The van der Waals surface area contributed by atoms with Crippen molar-refractivity contribution in [3.63, 3.8) is 0 Å². The Morgan fingerprint density at radius 2 is 2.14 bits per heavy atom. The molecule has 21 heavy (non-hydrogen) atoms. The van der Waals surface area contributed by atoms with Crippen molar-refractivity contribution < 1.29 is 9.21 Å². The largest absolute Gasteiger partial charge is 0.464 e. The molecule has 0 spiro atoms. The third-order valence-electron chi connectivity index (χ3n) is 4.56. The van der Waals surface area contributed by atoms with Gasteiger partial charge in [-0.2, -0.15) is 0 Å². The van der Waals surface area contributed by atoms with Crippen LogP contribution in [0.3, 0.4) is 0 Å². The Bertz CT molecular complexity index is 671. The second-order valence-electron chi connectivity index (χ2n) is 6.32. The van der Waals surface area contributed by atoms with Crippen LogP contribution in [-0.4, -0.2) is 23.4 Å². The molecule has 1 aromatic heterocycles. The van der Waals surface area contributed by atoms with Gasteiger partial charge < -0.3 is 9.32 Å². The number of fused-ring (bicyclic) bond motifs is 1. The number of furan rings is 1. The number of benzene rings is 1. The number of amides is 1. The van der Waals surface area contributed by atoms with Crippen LogP contribution in [-0.2, 0) is 11.2 Å². The van der Waals surface area contributed by atoms with Crippen LogP contribution in [0.2, 0.25) is 0 Å². The van der Waals surface area contributed by atoms with Crippen LogP contribution in [0.25, 0.3) is 11.0 Å². The molecule has 2 heterocycles. The first-order valence-corrected chi connectivity index (χ1v) is 7.83.